The summed E-state index contributed by atoms with van der Waals surface area (Å²) in [6.45, 7) is 10.3. The van der Waals surface area contributed by atoms with Crippen LogP contribution in [0.2, 0.25) is 0 Å². The van der Waals surface area contributed by atoms with Gasteiger partial charge < -0.3 is 25.0 Å². The number of piperazine rings is 1. The molecule has 2 aliphatic carbocycles. The van der Waals surface area contributed by atoms with E-state index in [9.17, 15) is 14.7 Å². The molecule has 4 aromatic carbocycles. The second kappa shape index (κ2) is 14.6. The van der Waals surface area contributed by atoms with Crippen LogP contribution in [-0.2, 0) is 17.8 Å². The third-order valence-corrected chi connectivity index (χ3v) is 12.8. The van der Waals surface area contributed by atoms with Crippen molar-refractivity contribution in [2.45, 2.75) is 62.9 Å². The number of phenols is 1. The van der Waals surface area contributed by atoms with Crippen molar-refractivity contribution in [1.82, 2.24) is 15.1 Å². The minimum atomic E-state index is -0.427. The number of ether oxygens (including phenoxy) is 1. The first-order valence-electron chi connectivity index (χ1n) is 19.9. The van der Waals surface area contributed by atoms with Crippen molar-refractivity contribution < 1.29 is 19.4 Å². The summed E-state index contributed by atoms with van der Waals surface area (Å²) in [5, 5.41) is 13.0. The summed E-state index contributed by atoms with van der Waals surface area (Å²) < 4.78 is 6.34. The van der Waals surface area contributed by atoms with Gasteiger partial charge in [-0.05, 0) is 133 Å². The maximum Gasteiger partial charge on any atom is 0.255 e. The lowest BCUT2D eigenvalue weighted by Gasteiger charge is -2.36. The first kappa shape index (κ1) is 34.7. The number of phenolic OH excluding ortho intramolecular Hbond substituents is 1. The van der Waals surface area contributed by atoms with Gasteiger partial charge in [-0.2, -0.15) is 0 Å². The second-order valence-corrected chi connectivity index (χ2v) is 16.1. The third-order valence-electron chi connectivity index (χ3n) is 12.8. The van der Waals surface area contributed by atoms with E-state index in [2.05, 4.69) is 94.5 Å². The maximum atomic E-state index is 13.2. The molecule has 0 radical (unpaired) electrons. The van der Waals surface area contributed by atoms with Gasteiger partial charge in [-0.1, -0.05) is 55.1 Å². The Kier molecular flexibility index (Phi) is 9.39. The van der Waals surface area contributed by atoms with Gasteiger partial charge in [0, 0.05) is 55.6 Å². The van der Waals surface area contributed by atoms with Crippen LogP contribution >= 0.6 is 0 Å². The number of benzene rings is 4. The summed E-state index contributed by atoms with van der Waals surface area (Å²) in [5.41, 5.74) is 8.86. The molecule has 5 aliphatic rings. The van der Waals surface area contributed by atoms with Gasteiger partial charge in [-0.25, -0.2) is 0 Å². The van der Waals surface area contributed by atoms with Crippen LogP contribution in [0.15, 0.2) is 103 Å². The number of anilines is 1. The topological polar surface area (TPSA) is 85.4 Å². The number of nitrogens with one attached hydrogen (secondary N) is 1. The summed E-state index contributed by atoms with van der Waals surface area (Å²) in [7, 11) is 0. The van der Waals surface area contributed by atoms with E-state index in [1.165, 1.54) is 35.1 Å². The summed E-state index contributed by atoms with van der Waals surface area (Å²) >= 11 is 0. The molecule has 2 amide bonds. The number of piperidine rings is 1. The first-order chi connectivity index (χ1) is 26.4. The van der Waals surface area contributed by atoms with Crippen molar-refractivity contribution in [3.63, 3.8) is 0 Å². The molecule has 2 N–H and O–H groups in total. The second-order valence-electron chi connectivity index (χ2n) is 16.1. The Bertz CT molecular complexity index is 2040. The van der Waals surface area contributed by atoms with Gasteiger partial charge in [-0.15, -0.1) is 0 Å². The number of fused-ring (bicyclic) bond motifs is 2. The smallest absolute Gasteiger partial charge is 0.255 e. The zero-order valence-corrected chi connectivity index (χ0v) is 31.0. The van der Waals surface area contributed by atoms with Crippen LogP contribution in [0.5, 0.6) is 11.5 Å². The molecule has 0 bridgehead atoms. The van der Waals surface area contributed by atoms with Gasteiger partial charge in [-0.3, -0.25) is 14.5 Å². The van der Waals surface area contributed by atoms with Gasteiger partial charge in [0.1, 0.15) is 17.5 Å². The standard InChI is InChI=1S/C46H50N4O4/c1-30-7-18-43(45(52)47-30)50-28-35-26-37(11-16-42(35)46(50)53)49-23-21-48(22-24-49)20-19-33-25-36(33)29-54-39-13-8-32(9-14-39)44-40(31-5-3-2-4-6-31)15-10-34-27-38(51)12-17-41(34)44/h2-6,8-9,11-14,16-17,26-27,33,36,40,43-44,51H,1,7,10,15,18-25,28-29H2,(H,47,52)/t33-,36+,40+,43?,44-/m0/s1. The molecule has 1 saturated carbocycles. The average Bonchev–Trinajstić information content (AvgIpc) is 3.88. The molecular weight excluding hydrogens is 673 g/mol. The lowest BCUT2D eigenvalue weighted by molar-refractivity contribution is -0.126. The van der Waals surface area contributed by atoms with E-state index in [0.29, 0.717) is 37.0 Å². The van der Waals surface area contributed by atoms with Gasteiger partial charge in [0.05, 0.1) is 6.61 Å². The van der Waals surface area contributed by atoms with Gasteiger partial charge in [0.25, 0.3) is 5.91 Å². The molecule has 0 spiro atoms. The highest BCUT2D eigenvalue weighted by Gasteiger charge is 2.39. The fraction of sp³-hybridized carbons (Fsp3) is 0.391. The number of nitrogens with zero attached hydrogens (tertiary/aromatic N) is 3. The molecule has 1 unspecified atom stereocenters. The molecule has 0 aromatic heterocycles. The Hall–Kier alpha value is -5.08. The van der Waals surface area contributed by atoms with Crippen molar-refractivity contribution in [3.8, 4) is 11.5 Å². The molecule has 3 heterocycles. The monoisotopic (exact) mass is 722 g/mol. The lowest BCUT2D eigenvalue weighted by atomic mass is 9.69. The van der Waals surface area contributed by atoms with Crippen molar-refractivity contribution in [2.75, 3.05) is 44.2 Å². The fourth-order valence-corrected chi connectivity index (χ4v) is 9.54. The normalized spacial score (nSPS) is 25.3. The fourth-order valence-electron chi connectivity index (χ4n) is 9.54. The number of aromatic hydroxyl groups is 1. The number of hydrogen-bond acceptors (Lipinski definition) is 6. The van der Waals surface area contributed by atoms with Crippen LogP contribution in [0.25, 0.3) is 0 Å². The highest BCUT2D eigenvalue weighted by molar-refractivity contribution is 6.01. The van der Waals surface area contributed by atoms with Crippen molar-refractivity contribution in [2.24, 2.45) is 11.8 Å². The zero-order valence-electron chi connectivity index (χ0n) is 31.0. The number of allylic oxidation sites excluding steroid dienone is 1. The Morgan fingerprint density at radius 2 is 1.63 bits per heavy atom. The molecule has 9 rings (SSSR count). The predicted octanol–water partition coefficient (Wildman–Crippen LogP) is 7.23. The molecule has 2 saturated heterocycles. The third kappa shape index (κ3) is 7.00. The SMILES string of the molecule is C=C1CCC(N2Cc3cc(N4CCN(CC[C@H]5C[C@@H]5COc5ccc([C@@H]6c7ccc(O)cc7CC[C@@H]6c6ccccc6)cc5)CC4)ccc3C2=O)C(=O)N1. The van der Waals surface area contributed by atoms with E-state index in [-0.39, 0.29) is 17.7 Å². The predicted molar refractivity (Wildman–Crippen MR) is 211 cm³/mol. The van der Waals surface area contributed by atoms with E-state index in [1.54, 1.807) is 4.90 Å². The summed E-state index contributed by atoms with van der Waals surface area (Å²) in [6, 6.07) is 31.3. The van der Waals surface area contributed by atoms with Gasteiger partial charge in [0.2, 0.25) is 5.91 Å². The van der Waals surface area contributed by atoms with E-state index < -0.39 is 6.04 Å². The minimum absolute atomic E-state index is 0.0442. The Morgan fingerprint density at radius 1 is 0.815 bits per heavy atom. The van der Waals surface area contributed by atoms with E-state index in [1.807, 2.05) is 18.2 Å². The quantitative estimate of drug-likeness (QED) is 0.180. The molecule has 4 aromatic rings. The number of aryl methyl sites for hydroxylation is 1. The number of amides is 2. The Morgan fingerprint density at radius 3 is 2.43 bits per heavy atom. The molecule has 278 valence electrons. The summed E-state index contributed by atoms with van der Waals surface area (Å²) in [4.78, 5) is 32.5. The van der Waals surface area contributed by atoms with Crippen LogP contribution in [0, 0.1) is 11.8 Å². The van der Waals surface area contributed by atoms with E-state index in [0.717, 1.165) is 86.4 Å². The van der Waals surface area contributed by atoms with Crippen LogP contribution in [0.1, 0.15) is 82.1 Å². The largest absolute Gasteiger partial charge is 0.508 e. The maximum absolute atomic E-state index is 13.2. The highest BCUT2D eigenvalue weighted by Crippen LogP contribution is 2.47. The number of rotatable bonds is 10. The van der Waals surface area contributed by atoms with Crippen molar-refractivity contribution >= 4 is 17.5 Å². The Labute approximate surface area is 318 Å². The lowest BCUT2D eigenvalue weighted by Crippen LogP contribution is -2.49. The molecule has 8 nitrogen and oxygen atoms in total. The van der Waals surface area contributed by atoms with Crippen molar-refractivity contribution in [1.29, 1.82) is 0 Å². The number of carbonyl (C=O) groups is 2. The van der Waals surface area contributed by atoms with Crippen LogP contribution in [0.3, 0.4) is 0 Å². The molecule has 8 heteroatoms. The zero-order chi connectivity index (χ0) is 36.8. The average molecular weight is 723 g/mol. The van der Waals surface area contributed by atoms with Gasteiger partial charge in [0.15, 0.2) is 0 Å². The highest BCUT2D eigenvalue weighted by atomic mass is 16.5. The number of carbonyl (C=O) groups excluding carboxylic acids is 2. The molecule has 5 atom stereocenters. The molecule has 54 heavy (non-hydrogen) atoms. The molecule has 3 fully saturated rings. The summed E-state index contributed by atoms with van der Waals surface area (Å²) in [6.07, 6.45) is 5.81. The molecule has 3 aliphatic heterocycles. The number of hydrogen-bond donors (Lipinski definition) is 2. The van der Waals surface area contributed by atoms with E-state index in [4.69, 9.17) is 4.74 Å². The summed E-state index contributed by atoms with van der Waals surface area (Å²) in [5.74, 6) is 3.10. The van der Waals surface area contributed by atoms with Crippen LogP contribution < -0.4 is 15.0 Å². The van der Waals surface area contributed by atoms with E-state index >= 15 is 0 Å². The molecular formula is C46H50N4O4. The van der Waals surface area contributed by atoms with Crippen molar-refractivity contribution in [3.05, 3.63) is 137 Å². The minimum Gasteiger partial charge on any atom is -0.508 e. The Balaban J connectivity index is 0.738. The van der Waals surface area contributed by atoms with Gasteiger partial charge >= 0.3 is 0 Å². The van der Waals surface area contributed by atoms with Crippen LogP contribution in [-0.4, -0.2) is 72.1 Å². The first-order valence-corrected chi connectivity index (χ1v) is 19.9. The van der Waals surface area contributed by atoms with Crippen LogP contribution in [0.4, 0.5) is 5.69 Å².